The molecule has 11 heavy (non-hydrogen) atoms. The molecule has 56 valence electrons. The number of allylic oxidation sites excluding steroid dienone is 2. The molecule has 1 aromatic rings. The molecule has 0 unspecified atom stereocenters. The van der Waals surface area contributed by atoms with E-state index in [0.29, 0.717) is 0 Å². The summed E-state index contributed by atoms with van der Waals surface area (Å²) >= 11 is 0. The van der Waals surface area contributed by atoms with Crippen LogP contribution in [0.1, 0.15) is 11.3 Å². The molecule has 0 saturated heterocycles. The molecule has 0 aliphatic carbocycles. The number of hydrogen-bond donors (Lipinski definition) is 0. The Hall–Kier alpha value is -1.37. The Morgan fingerprint density at radius 1 is 1.55 bits per heavy atom. The third-order valence-corrected chi connectivity index (χ3v) is 1.46. The molecule has 0 aromatic carbocycles. The predicted molar refractivity (Wildman–Crippen MR) is 48.2 cm³/mol. The van der Waals surface area contributed by atoms with E-state index in [4.69, 9.17) is 0 Å². The van der Waals surface area contributed by atoms with Crippen molar-refractivity contribution in [2.75, 3.05) is 0 Å². The zero-order chi connectivity index (χ0) is 8.10. The van der Waals surface area contributed by atoms with E-state index < -0.39 is 0 Å². The van der Waals surface area contributed by atoms with Crippen LogP contribution in [0.15, 0.2) is 37.1 Å². The molecule has 1 heteroatoms. The summed E-state index contributed by atoms with van der Waals surface area (Å²) in [6, 6.07) is 3.96. The van der Waals surface area contributed by atoms with Crippen LogP contribution in [0.5, 0.6) is 0 Å². The Morgan fingerprint density at radius 3 is 3.00 bits per heavy atom. The molecular formula is C10H11N. The van der Waals surface area contributed by atoms with Gasteiger partial charge in [-0.2, -0.15) is 0 Å². The lowest BCUT2D eigenvalue weighted by atomic mass is 10.2. The van der Waals surface area contributed by atoms with Crippen LogP contribution >= 0.6 is 0 Å². The highest BCUT2D eigenvalue weighted by atomic mass is 14.7. The van der Waals surface area contributed by atoms with Gasteiger partial charge in [-0.25, -0.2) is 0 Å². The van der Waals surface area contributed by atoms with Crippen molar-refractivity contribution in [2.45, 2.75) is 6.92 Å². The third-order valence-electron chi connectivity index (χ3n) is 1.46. The highest BCUT2D eigenvalue weighted by Gasteiger charge is 1.89. The largest absolute Gasteiger partial charge is 0.261 e. The predicted octanol–water partition coefficient (Wildman–Crippen LogP) is 2.59. The van der Waals surface area contributed by atoms with Crippen molar-refractivity contribution in [1.29, 1.82) is 0 Å². The third kappa shape index (κ3) is 2.04. The summed E-state index contributed by atoms with van der Waals surface area (Å²) in [7, 11) is 0. The molecule has 1 rings (SSSR count). The van der Waals surface area contributed by atoms with Crippen molar-refractivity contribution in [1.82, 2.24) is 4.98 Å². The van der Waals surface area contributed by atoms with Crippen molar-refractivity contribution < 1.29 is 0 Å². The molecule has 0 spiro atoms. The molecule has 0 aliphatic heterocycles. The highest BCUT2D eigenvalue weighted by Crippen LogP contribution is 2.05. The summed E-state index contributed by atoms with van der Waals surface area (Å²) in [5.74, 6) is 0. The first-order valence-corrected chi connectivity index (χ1v) is 3.55. The van der Waals surface area contributed by atoms with Crippen molar-refractivity contribution in [2.24, 2.45) is 0 Å². The van der Waals surface area contributed by atoms with Gasteiger partial charge in [-0.05, 0) is 18.6 Å². The van der Waals surface area contributed by atoms with Crippen LogP contribution in [0.4, 0.5) is 0 Å². The molecule has 0 N–H and O–H groups in total. The van der Waals surface area contributed by atoms with E-state index in [9.17, 15) is 0 Å². The Bertz CT molecular complexity index is 274. The normalized spacial score (nSPS) is 10.3. The monoisotopic (exact) mass is 145 g/mol. The van der Waals surface area contributed by atoms with E-state index in [0.717, 1.165) is 11.3 Å². The van der Waals surface area contributed by atoms with Crippen molar-refractivity contribution >= 4 is 6.08 Å². The topological polar surface area (TPSA) is 12.9 Å². The molecule has 0 amide bonds. The molecule has 0 bridgehead atoms. The molecule has 1 aromatic heterocycles. The molecule has 0 saturated carbocycles. The van der Waals surface area contributed by atoms with Gasteiger partial charge in [0, 0.05) is 11.9 Å². The minimum absolute atomic E-state index is 1.05. The molecule has 0 radical (unpaired) electrons. The SMILES string of the molecule is C=C/C=C\c1cccnc1C. The van der Waals surface area contributed by atoms with E-state index in [1.807, 2.05) is 31.2 Å². The number of nitrogens with zero attached hydrogens (tertiary/aromatic N) is 1. The van der Waals surface area contributed by atoms with Gasteiger partial charge in [0.15, 0.2) is 0 Å². The number of aromatic nitrogens is 1. The van der Waals surface area contributed by atoms with Crippen LogP contribution in [0.25, 0.3) is 6.08 Å². The second-order valence-corrected chi connectivity index (χ2v) is 2.27. The fourth-order valence-electron chi connectivity index (χ4n) is 0.845. The number of hydrogen-bond acceptors (Lipinski definition) is 1. The maximum absolute atomic E-state index is 4.15. The van der Waals surface area contributed by atoms with Crippen LogP contribution < -0.4 is 0 Å². The molecule has 1 nitrogen and oxygen atoms in total. The minimum atomic E-state index is 1.05. The van der Waals surface area contributed by atoms with E-state index in [2.05, 4.69) is 11.6 Å². The zero-order valence-electron chi connectivity index (χ0n) is 6.62. The number of pyridine rings is 1. The summed E-state index contributed by atoms with van der Waals surface area (Å²) in [5.41, 5.74) is 2.19. The summed E-state index contributed by atoms with van der Waals surface area (Å²) < 4.78 is 0. The van der Waals surface area contributed by atoms with Gasteiger partial charge in [0.05, 0.1) is 0 Å². The average Bonchev–Trinajstić information content (AvgIpc) is 2.03. The molecule has 1 heterocycles. The van der Waals surface area contributed by atoms with E-state index >= 15 is 0 Å². The standard InChI is InChI=1S/C10H11N/c1-3-4-6-10-7-5-8-11-9(10)2/h3-8H,1H2,2H3/b6-4-. The van der Waals surface area contributed by atoms with E-state index in [-0.39, 0.29) is 0 Å². The highest BCUT2D eigenvalue weighted by molar-refractivity contribution is 5.52. The van der Waals surface area contributed by atoms with Gasteiger partial charge < -0.3 is 0 Å². The summed E-state index contributed by atoms with van der Waals surface area (Å²) in [4.78, 5) is 4.15. The molecule has 0 aliphatic rings. The van der Waals surface area contributed by atoms with Gasteiger partial charge in [0.2, 0.25) is 0 Å². The van der Waals surface area contributed by atoms with Gasteiger partial charge in [-0.15, -0.1) is 0 Å². The van der Waals surface area contributed by atoms with Gasteiger partial charge >= 0.3 is 0 Å². The smallest absolute Gasteiger partial charge is 0.0444 e. The van der Waals surface area contributed by atoms with Gasteiger partial charge in [0.1, 0.15) is 0 Å². The Kier molecular flexibility index (Phi) is 2.61. The molecule has 0 fully saturated rings. The fraction of sp³-hybridized carbons (Fsp3) is 0.100. The van der Waals surface area contributed by atoms with Crippen LogP contribution in [0.2, 0.25) is 0 Å². The number of rotatable bonds is 2. The second-order valence-electron chi connectivity index (χ2n) is 2.27. The number of aryl methyl sites for hydroxylation is 1. The van der Waals surface area contributed by atoms with Crippen LogP contribution in [-0.2, 0) is 0 Å². The second kappa shape index (κ2) is 3.71. The Labute approximate surface area is 67.1 Å². The van der Waals surface area contributed by atoms with Crippen molar-refractivity contribution in [3.63, 3.8) is 0 Å². The Balaban J connectivity index is 2.94. The van der Waals surface area contributed by atoms with E-state index in [1.165, 1.54) is 0 Å². The van der Waals surface area contributed by atoms with Crippen molar-refractivity contribution in [3.8, 4) is 0 Å². The van der Waals surface area contributed by atoms with Crippen LogP contribution in [-0.4, -0.2) is 4.98 Å². The Morgan fingerprint density at radius 2 is 2.36 bits per heavy atom. The molecule has 0 atom stereocenters. The summed E-state index contributed by atoms with van der Waals surface area (Å²) in [6.07, 6.45) is 7.45. The van der Waals surface area contributed by atoms with Gasteiger partial charge in [0.25, 0.3) is 0 Å². The summed E-state index contributed by atoms with van der Waals surface area (Å²) in [6.45, 7) is 5.59. The zero-order valence-corrected chi connectivity index (χ0v) is 6.62. The molecular weight excluding hydrogens is 134 g/mol. The maximum atomic E-state index is 4.15. The van der Waals surface area contributed by atoms with Crippen LogP contribution in [0.3, 0.4) is 0 Å². The van der Waals surface area contributed by atoms with Gasteiger partial charge in [-0.3, -0.25) is 4.98 Å². The lowest BCUT2D eigenvalue weighted by Gasteiger charge is -1.95. The van der Waals surface area contributed by atoms with Crippen molar-refractivity contribution in [3.05, 3.63) is 48.3 Å². The van der Waals surface area contributed by atoms with Crippen LogP contribution in [0, 0.1) is 6.92 Å². The first-order valence-electron chi connectivity index (χ1n) is 3.55. The van der Waals surface area contributed by atoms with Gasteiger partial charge in [-0.1, -0.05) is 30.9 Å². The first kappa shape index (κ1) is 7.73. The maximum Gasteiger partial charge on any atom is 0.0444 e. The quantitative estimate of drug-likeness (QED) is 0.583. The summed E-state index contributed by atoms with van der Waals surface area (Å²) in [5, 5.41) is 0. The average molecular weight is 145 g/mol. The lowest BCUT2D eigenvalue weighted by molar-refractivity contribution is 1.19. The minimum Gasteiger partial charge on any atom is -0.261 e. The first-order chi connectivity index (χ1) is 5.34. The van der Waals surface area contributed by atoms with E-state index in [1.54, 1.807) is 12.3 Å². The fourth-order valence-corrected chi connectivity index (χ4v) is 0.845. The lowest BCUT2D eigenvalue weighted by Crippen LogP contribution is -1.82.